The largest absolute Gasteiger partial charge is 0.439 e. The van der Waals surface area contributed by atoms with Gasteiger partial charge in [-0.1, -0.05) is 6.92 Å². The van der Waals surface area contributed by atoms with Crippen molar-refractivity contribution in [1.29, 1.82) is 0 Å². The molecule has 0 unspecified atom stereocenters. The molecule has 0 aromatic carbocycles. The summed E-state index contributed by atoms with van der Waals surface area (Å²) in [5.74, 6) is -2.79. The first-order chi connectivity index (χ1) is 6.38. The van der Waals surface area contributed by atoms with Crippen LogP contribution in [0.3, 0.4) is 0 Å². The number of rotatable bonds is 2. The third kappa shape index (κ3) is 1.75. The Balaban J connectivity index is 2.93. The molecule has 0 aliphatic carbocycles. The quantitative estimate of drug-likeness (QED) is 0.628. The summed E-state index contributed by atoms with van der Waals surface area (Å²) in [6, 6.07) is 0. The van der Waals surface area contributed by atoms with E-state index in [1.165, 1.54) is 0 Å². The Morgan fingerprint density at radius 2 is 1.93 bits per heavy atom. The van der Waals surface area contributed by atoms with Gasteiger partial charge in [-0.3, -0.25) is 9.59 Å². The first-order valence-corrected chi connectivity index (χ1v) is 3.90. The molecule has 7 heteroatoms. The van der Waals surface area contributed by atoms with E-state index in [2.05, 4.69) is 5.10 Å². The van der Waals surface area contributed by atoms with Gasteiger partial charge < -0.3 is 0 Å². The van der Waals surface area contributed by atoms with Gasteiger partial charge in [0.15, 0.2) is 0 Å². The number of hydrogen-bond acceptors (Lipinski definition) is 3. The number of alkyl halides is 3. The van der Waals surface area contributed by atoms with Crippen LogP contribution in [0.15, 0.2) is 5.10 Å². The summed E-state index contributed by atoms with van der Waals surface area (Å²) in [6.45, 7) is 1.68. The first kappa shape index (κ1) is 10.7. The lowest BCUT2D eigenvalue weighted by atomic mass is 10.2. The molecule has 78 valence electrons. The molecule has 0 fully saturated rings. The molecule has 1 aliphatic rings. The van der Waals surface area contributed by atoms with Crippen LogP contribution in [-0.4, -0.2) is 35.1 Å². The molecule has 1 rings (SSSR count). The number of hydrazone groups is 1. The predicted molar refractivity (Wildman–Crippen MR) is 40.5 cm³/mol. The lowest BCUT2D eigenvalue weighted by molar-refractivity contribution is -0.140. The van der Waals surface area contributed by atoms with Crippen molar-refractivity contribution < 1.29 is 22.8 Å². The summed E-state index contributed by atoms with van der Waals surface area (Å²) >= 11 is 0. The fourth-order valence-corrected chi connectivity index (χ4v) is 0.979. The fourth-order valence-electron chi connectivity index (χ4n) is 0.979. The van der Waals surface area contributed by atoms with Crippen molar-refractivity contribution in [2.75, 3.05) is 6.54 Å². The van der Waals surface area contributed by atoms with Crippen molar-refractivity contribution >= 4 is 17.4 Å². The zero-order chi connectivity index (χ0) is 10.9. The monoisotopic (exact) mass is 208 g/mol. The highest BCUT2D eigenvalue weighted by Gasteiger charge is 2.49. The van der Waals surface area contributed by atoms with E-state index in [4.69, 9.17) is 0 Å². The minimum Gasteiger partial charge on any atom is -0.281 e. The Kier molecular flexibility index (Phi) is 2.59. The van der Waals surface area contributed by atoms with Crippen LogP contribution in [0.2, 0.25) is 0 Å². The van der Waals surface area contributed by atoms with Gasteiger partial charge >= 0.3 is 12.1 Å². The van der Waals surface area contributed by atoms with Crippen molar-refractivity contribution in [1.82, 2.24) is 5.01 Å². The summed E-state index contributed by atoms with van der Waals surface area (Å²) < 4.78 is 36.2. The molecule has 4 nitrogen and oxygen atoms in total. The summed E-state index contributed by atoms with van der Waals surface area (Å²) in [7, 11) is 0. The molecule has 1 heterocycles. The maximum atomic E-state index is 12.1. The zero-order valence-corrected chi connectivity index (χ0v) is 7.26. The Labute approximate surface area is 77.4 Å². The fraction of sp³-hybridized carbons (Fsp3) is 0.571. The van der Waals surface area contributed by atoms with Gasteiger partial charge in [0.2, 0.25) is 5.71 Å². The van der Waals surface area contributed by atoms with Crippen molar-refractivity contribution in [2.24, 2.45) is 5.10 Å². The lowest BCUT2D eigenvalue weighted by Gasteiger charge is -2.07. The number of halogens is 3. The number of carbonyl (C=O) groups excluding carboxylic acids is 2. The van der Waals surface area contributed by atoms with Gasteiger partial charge in [-0.15, -0.1) is 0 Å². The van der Waals surface area contributed by atoms with Gasteiger partial charge in [-0.25, -0.2) is 5.01 Å². The van der Waals surface area contributed by atoms with E-state index in [0.717, 1.165) is 0 Å². The van der Waals surface area contributed by atoms with E-state index in [1.54, 1.807) is 6.92 Å². The molecule has 0 aromatic rings. The zero-order valence-electron chi connectivity index (χ0n) is 7.26. The molecule has 14 heavy (non-hydrogen) atoms. The molecule has 0 radical (unpaired) electrons. The van der Waals surface area contributed by atoms with Crippen LogP contribution in [0.25, 0.3) is 0 Å². The van der Waals surface area contributed by atoms with Crippen molar-refractivity contribution in [3.63, 3.8) is 0 Å². The second kappa shape index (κ2) is 3.39. The highest BCUT2D eigenvalue weighted by Crippen LogP contribution is 2.22. The van der Waals surface area contributed by atoms with E-state index < -0.39 is 23.6 Å². The van der Waals surface area contributed by atoms with Crippen LogP contribution >= 0.6 is 0 Å². The van der Waals surface area contributed by atoms with Crippen LogP contribution in [0, 0.1) is 0 Å². The molecule has 0 atom stereocenters. The topological polar surface area (TPSA) is 49.7 Å². The molecular weight excluding hydrogens is 201 g/mol. The summed E-state index contributed by atoms with van der Waals surface area (Å²) in [6.07, 6.45) is -4.41. The number of nitrogens with zero attached hydrogens (tertiary/aromatic N) is 2. The molecule has 0 aromatic heterocycles. The summed E-state index contributed by atoms with van der Waals surface area (Å²) in [5, 5.41) is 3.48. The predicted octanol–water partition coefficient (Wildman–Crippen LogP) is 0.726. The number of hydrogen-bond donors (Lipinski definition) is 0. The molecule has 0 N–H and O–H groups in total. The maximum absolute atomic E-state index is 12.1. The van der Waals surface area contributed by atoms with E-state index in [9.17, 15) is 22.8 Å². The Hall–Kier alpha value is -1.40. The van der Waals surface area contributed by atoms with Gasteiger partial charge in [0.05, 0.1) is 0 Å². The third-order valence-corrected chi connectivity index (χ3v) is 1.57. The molecule has 1 aliphatic heterocycles. The van der Waals surface area contributed by atoms with Crippen molar-refractivity contribution in [2.45, 2.75) is 19.5 Å². The van der Waals surface area contributed by atoms with Crippen LogP contribution in [0.4, 0.5) is 13.2 Å². The second-order valence-corrected chi connectivity index (χ2v) is 2.70. The average molecular weight is 208 g/mol. The summed E-state index contributed by atoms with van der Waals surface area (Å²) in [4.78, 5) is 21.7. The molecule has 0 spiro atoms. The lowest BCUT2D eigenvalue weighted by Crippen LogP contribution is -2.33. The van der Waals surface area contributed by atoms with E-state index in [0.29, 0.717) is 11.4 Å². The molecule has 0 saturated heterocycles. The minimum atomic E-state index is -4.85. The molecular formula is C7H7F3N2O2. The van der Waals surface area contributed by atoms with Crippen LogP contribution in [0.1, 0.15) is 13.3 Å². The normalized spacial score (nSPS) is 17.7. The molecule has 0 saturated carbocycles. The Bertz CT molecular complexity index is 309. The van der Waals surface area contributed by atoms with Crippen molar-refractivity contribution in [3.05, 3.63) is 0 Å². The SMILES string of the molecule is CCCN1N=C(C(F)(F)F)C(=O)C1=O. The van der Waals surface area contributed by atoms with Crippen LogP contribution < -0.4 is 0 Å². The number of carbonyl (C=O) groups is 2. The Morgan fingerprint density at radius 3 is 2.29 bits per heavy atom. The van der Waals surface area contributed by atoms with Crippen LogP contribution in [0.5, 0.6) is 0 Å². The average Bonchev–Trinajstić information content (AvgIpc) is 2.32. The smallest absolute Gasteiger partial charge is 0.281 e. The van der Waals surface area contributed by atoms with E-state index >= 15 is 0 Å². The number of amides is 1. The molecule has 1 amide bonds. The number of Topliss-reactive ketones (excluding diaryl/α,β-unsaturated/α-hetero) is 1. The Morgan fingerprint density at radius 1 is 1.36 bits per heavy atom. The van der Waals surface area contributed by atoms with Gasteiger partial charge in [-0.05, 0) is 6.42 Å². The minimum absolute atomic E-state index is 0.0180. The van der Waals surface area contributed by atoms with Crippen LogP contribution in [-0.2, 0) is 9.59 Å². The van der Waals surface area contributed by atoms with E-state index in [1.807, 2.05) is 0 Å². The second-order valence-electron chi connectivity index (χ2n) is 2.70. The third-order valence-electron chi connectivity index (χ3n) is 1.57. The maximum Gasteiger partial charge on any atom is 0.439 e. The highest BCUT2D eigenvalue weighted by atomic mass is 19.4. The standard InChI is InChI=1S/C7H7F3N2O2/c1-2-3-12-6(14)4(13)5(11-12)7(8,9)10/h2-3H2,1H3. The summed E-state index contributed by atoms with van der Waals surface area (Å²) in [5.41, 5.74) is -1.63. The van der Waals surface area contributed by atoms with Gasteiger partial charge in [0, 0.05) is 6.54 Å². The molecule has 0 bridgehead atoms. The van der Waals surface area contributed by atoms with Gasteiger partial charge in [-0.2, -0.15) is 18.3 Å². The highest BCUT2D eigenvalue weighted by molar-refractivity contribution is 6.67. The van der Waals surface area contributed by atoms with E-state index in [-0.39, 0.29) is 6.54 Å². The van der Waals surface area contributed by atoms with Gasteiger partial charge in [0.1, 0.15) is 0 Å². The first-order valence-electron chi connectivity index (χ1n) is 3.90. The van der Waals surface area contributed by atoms with Gasteiger partial charge in [0.25, 0.3) is 5.78 Å². The number of ketones is 1. The van der Waals surface area contributed by atoms with Crippen molar-refractivity contribution in [3.8, 4) is 0 Å².